The maximum atomic E-state index is 13.8. The minimum atomic E-state index is -0.815. The van der Waals surface area contributed by atoms with Gasteiger partial charge in [-0.2, -0.15) is 0 Å². The minimum absolute atomic E-state index is 0.152. The van der Waals surface area contributed by atoms with Gasteiger partial charge in [0.2, 0.25) is 0 Å². The van der Waals surface area contributed by atoms with Gasteiger partial charge in [0.05, 0.1) is 0 Å². The highest BCUT2D eigenvalue weighted by molar-refractivity contribution is 8.02. The van der Waals surface area contributed by atoms with Crippen molar-refractivity contribution in [1.82, 2.24) is 4.98 Å². The first-order valence-corrected chi connectivity index (χ1v) is 9.54. The molecule has 0 atom stereocenters. The summed E-state index contributed by atoms with van der Waals surface area (Å²) in [5.41, 5.74) is 5.55. The van der Waals surface area contributed by atoms with E-state index in [1.54, 1.807) is 6.07 Å². The van der Waals surface area contributed by atoms with Crippen LogP contribution in [0.4, 0.5) is 4.39 Å². The Bertz CT molecular complexity index is 835. The highest BCUT2D eigenvalue weighted by Crippen LogP contribution is 2.42. The predicted molar refractivity (Wildman–Crippen MR) is 103 cm³/mol. The van der Waals surface area contributed by atoms with Crippen LogP contribution in [0.3, 0.4) is 0 Å². The molecule has 25 heavy (non-hydrogen) atoms. The monoisotopic (exact) mass is 362 g/mol. The zero-order valence-electron chi connectivity index (χ0n) is 14.5. The van der Waals surface area contributed by atoms with Crippen LogP contribution in [-0.4, -0.2) is 16.6 Å². The Hall–Kier alpha value is -2.08. The summed E-state index contributed by atoms with van der Waals surface area (Å²) >= 11 is 1.89. The highest BCUT2D eigenvalue weighted by atomic mass is 32.2. The van der Waals surface area contributed by atoms with Crippen molar-refractivity contribution in [2.24, 2.45) is 5.73 Å². The fourth-order valence-electron chi connectivity index (χ4n) is 2.47. The molecule has 1 saturated carbocycles. The van der Waals surface area contributed by atoms with Crippen molar-refractivity contribution in [2.45, 2.75) is 39.0 Å². The third kappa shape index (κ3) is 4.95. The number of benzene rings is 1. The first-order chi connectivity index (χ1) is 12.1. The summed E-state index contributed by atoms with van der Waals surface area (Å²) < 4.78 is 13.8. The van der Waals surface area contributed by atoms with Crippen molar-refractivity contribution >= 4 is 28.6 Å². The molecule has 134 valence electrons. The number of allylic oxidation sites excluding steroid dienone is 1. The van der Waals surface area contributed by atoms with E-state index in [9.17, 15) is 14.0 Å². The third-order valence-electron chi connectivity index (χ3n) is 3.84. The van der Waals surface area contributed by atoms with E-state index in [0.29, 0.717) is 16.5 Å². The van der Waals surface area contributed by atoms with Crippen LogP contribution in [-0.2, 0) is 0 Å². The summed E-state index contributed by atoms with van der Waals surface area (Å²) in [5.74, 6) is 0.450. The van der Waals surface area contributed by atoms with E-state index in [0.717, 1.165) is 12.8 Å². The van der Waals surface area contributed by atoms with E-state index in [4.69, 9.17) is 5.73 Å². The number of aromatic amines is 1. The zero-order chi connectivity index (χ0) is 18.4. The van der Waals surface area contributed by atoms with Gasteiger partial charge < -0.3 is 10.7 Å². The number of carbonyl (C=O) groups excluding carboxylic acids is 1. The fourth-order valence-corrected chi connectivity index (χ4v) is 3.15. The quantitative estimate of drug-likeness (QED) is 0.836. The third-order valence-corrected chi connectivity index (χ3v) is 4.70. The van der Waals surface area contributed by atoms with Crippen molar-refractivity contribution in [3.05, 3.63) is 57.0 Å². The second-order valence-corrected chi connectivity index (χ2v) is 6.66. The molecule has 6 heteroatoms. The van der Waals surface area contributed by atoms with Gasteiger partial charge in [-0.3, -0.25) is 9.59 Å². The van der Waals surface area contributed by atoms with Gasteiger partial charge in [0.25, 0.3) is 11.5 Å². The molecule has 1 aliphatic carbocycles. The second-order valence-electron chi connectivity index (χ2n) is 5.64. The standard InChI is InChI=1S/C13H11FN2O2.C4H6S.C2H6/c14-10-4-7-3-9(12(15)17)13(18)16-11(7)5-8(10)6-1-2-6;1-2-4-5-3-1;1-2/h3-6H,1-2H2,(H2,15,17)(H,16,18);1,3H,2,4H2;1-2H3. The summed E-state index contributed by atoms with van der Waals surface area (Å²) in [4.78, 5) is 25.2. The lowest BCUT2D eigenvalue weighted by atomic mass is 10.1. The van der Waals surface area contributed by atoms with Gasteiger partial charge in [0.15, 0.2) is 0 Å². The second kappa shape index (κ2) is 8.85. The van der Waals surface area contributed by atoms with Crippen LogP contribution < -0.4 is 11.3 Å². The van der Waals surface area contributed by atoms with Gasteiger partial charge in [-0.15, -0.1) is 11.8 Å². The number of hydrogen-bond acceptors (Lipinski definition) is 3. The molecule has 0 radical (unpaired) electrons. The molecule has 2 heterocycles. The number of carbonyl (C=O) groups is 1. The maximum Gasteiger partial charge on any atom is 0.261 e. The predicted octanol–water partition coefficient (Wildman–Crippen LogP) is 4.31. The average Bonchev–Trinajstić information content (AvgIpc) is 3.26. The van der Waals surface area contributed by atoms with E-state index >= 15 is 0 Å². The number of nitrogens with one attached hydrogen (secondary N) is 1. The number of primary amides is 1. The van der Waals surface area contributed by atoms with Gasteiger partial charge in [-0.05, 0) is 54.4 Å². The molecule has 1 amide bonds. The fraction of sp³-hybridized carbons (Fsp3) is 0.368. The molecule has 2 aromatic rings. The number of H-pyrrole nitrogens is 1. The summed E-state index contributed by atoms with van der Waals surface area (Å²) in [6.07, 6.45) is 5.44. The van der Waals surface area contributed by atoms with Crippen molar-refractivity contribution in [2.75, 3.05) is 5.75 Å². The number of aromatic nitrogens is 1. The molecular formula is C19H23FN2O2S. The maximum absolute atomic E-state index is 13.8. The van der Waals surface area contributed by atoms with Crippen molar-refractivity contribution < 1.29 is 9.18 Å². The van der Waals surface area contributed by atoms with Crippen LogP contribution in [0.2, 0.25) is 0 Å². The molecule has 0 bridgehead atoms. The molecule has 1 aromatic heterocycles. The van der Waals surface area contributed by atoms with Crippen LogP contribution in [0.5, 0.6) is 0 Å². The van der Waals surface area contributed by atoms with E-state index in [1.165, 1.54) is 24.3 Å². The topological polar surface area (TPSA) is 76.0 Å². The molecule has 0 saturated heterocycles. The first-order valence-electron chi connectivity index (χ1n) is 8.49. The normalized spacial score (nSPS) is 15.2. The molecule has 0 unspecified atom stereocenters. The van der Waals surface area contributed by atoms with Gasteiger partial charge in [0, 0.05) is 16.7 Å². The highest BCUT2D eigenvalue weighted by Gasteiger charge is 2.27. The summed E-state index contributed by atoms with van der Waals surface area (Å²) in [6.45, 7) is 4.00. The van der Waals surface area contributed by atoms with Gasteiger partial charge in [0.1, 0.15) is 11.4 Å². The molecule has 0 spiro atoms. The van der Waals surface area contributed by atoms with E-state index < -0.39 is 11.5 Å². The van der Waals surface area contributed by atoms with Crippen LogP contribution >= 0.6 is 11.8 Å². The molecule has 1 aliphatic heterocycles. The Morgan fingerprint density at radius 1 is 1.28 bits per heavy atom. The van der Waals surface area contributed by atoms with E-state index in [2.05, 4.69) is 16.5 Å². The number of amides is 1. The number of pyridine rings is 1. The van der Waals surface area contributed by atoms with Crippen molar-refractivity contribution in [3.8, 4) is 0 Å². The molecule has 4 rings (SSSR count). The van der Waals surface area contributed by atoms with E-state index in [-0.39, 0.29) is 17.3 Å². The number of thioether (sulfide) groups is 1. The Morgan fingerprint density at radius 2 is 2.00 bits per heavy atom. The Labute approximate surface area is 150 Å². The largest absolute Gasteiger partial charge is 0.365 e. The lowest BCUT2D eigenvalue weighted by Crippen LogP contribution is -2.23. The Kier molecular flexibility index (Phi) is 6.82. The van der Waals surface area contributed by atoms with Crippen molar-refractivity contribution in [1.29, 1.82) is 0 Å². The number of hydrogen-bond donors (Lipinski definition) is 2. The molecule has 4 nitrogen and oxygen atoms in total. The van der Waals surface area contributed by atoms with Crippen molar-refractivity contribution in [3.63, 3.8) is 0 Å². The molecule has 1 fully saturated rings. The summed E-state index contributed by atoms with van der Waals surface area (Å²) in [7, 11) is 0. The van der Waals surface area contributed by atoms with Gasteiger partial charge in [-0.1, -0.05) is 19.9 Å². The number of halogens is 1. The van der Waals surface area contributed by atoms with Gasteiger partial charge in [-0.25, -0.2) is 4.39 Å². The SMILES string of the molecule is C1=CSCC1.CC.NC(=O)c1cc2cc(F)c(C3CC3)cc2[nH]c1=O. The lowest BCUT2D eigenvalue weighted by Gasteiger charge is -2.05. The Balaban J connectivity index is 0.000000273. The minimum Gasteiger partial charge on any atom is -0.365 e. The number of rotatable bonds is 2. The van der Waals surface area contributed by atoms with Crippen LogP contribution in [0.15, 0.2) is 34.5 Å². The summed E-state index contributed by atoms with van der Waals surface area (Å²) in [5, 5.41) is 2.63. The summed E-state index contributed by atoms with van der Waals surface area (Å²) in [6, 6.07) is 4.32. The van der Waals surface area contributed by atoms with Crippen LogP contribution in [0.25, 0.3) is 10.9 Å². The van der Waals surface area contributed by atoms with Crippen LogP contribution in [0.1, 0.15) is 54.9 Å². The average molecular weight is 362 g/mol. The number of nitrogens with two attached hydrogens (primary N) is 1. The van der Waals surface area contributed by atoms with E-state index in [1.807, 2.05) is 25.6 Å². The smallest absolute Gasteiger partial charge is 0.261 e. The molecule has 1 aromatic carbocycles. The Morgan fingerprint density at radius 3 is 2.48 bits per heavy atom. The van der Waals surface area contributed by atoms with Gasteiger partial charge >= 0.3 is 0 Å². The zero-order valence-corrected chi connectivity index (χ0v) is 15.3. The molecule has 3 N–H and O–H groups in total. The molecular weight excluding hydrogens is 339 g/mol. The molecule has 2 aliphatic rings. The first kappa shape index (κ1) is 19.2. The number of fused-ring (bicyclic) bond motifs is 1. The van der Waals surface area contributed by atoms with Crippen LogP contribution in [0, 0.1) is 5.82 Å². The lowest BCUT2D eigenvalue weighted by molar-refractivity contribution is 0.0999.